The van der Waals surface area contributed by atoms with Gasteiger partial charge in [-0.15, -0.1) is 0 Å². The Kier molecular flexibility index (Phi) is 8.13. The molecule has 39 heavy (non-hydrogen) atoms. The highest BCUT2D eigenvalue weighted by molar-refractivity contribution is 6.16. The first kappa shape index (κ1) is 27.1. The van der Waals surface area contributed by atoms with Gasteiger partial charge in [-0.2, -0.15) is 9.97 Å². The molecule has 3 aromatic rings. The molecule has 6 rings (SSSR count). The lowest BCUT2D eigenvalue weighted by Crippen LogP contribution is -2.29. The van der Waals surface area contributed by atoms with Crippen molar-refractivity contribution in [2.24, 2.45) is 0 Å². The van der Waals surface area contributed by atoms with E-state index in [1.54, 1.807) is 17.0 Å². The lowest BCUT2D eigenvalue weighted by atomic mass is 9.99. The van der Waals surface area contributed by atoms with Gasteiger partial charge in [0, 0.05) is 31.1 Å². The zero-order valence-electron chi connectivity index (χ0n) is 22.5. The van der Waals surface area contributed by atoms with Crippen LogP contribution >= 0.6 is 0 Å². The predicted octanol–water partition coefficient (Wildman–Crippen LogP) is 3.93. The summed E-state index contributed by atoms with van der Waals surface area (Å²) < 4.78 is 20.0. The number of hydrogen-bond acceptors (Lipinski definition) is 8. The van der Waals surface area contributed by atoms with Crippen molar-refractivity contribution in [3.05, 3.63) is 46.9 Å². The molecule has 1 amide bonds. The number of hydrogen-bond donors (Lipinski definition) is 3. The van der Waals surface area contributed by atoms with Crippen LogP contribution in [-0.4, -0.2) is 65.5 Å². The van der Waals surface area contributed by atoms with Gasteiger partial charge in [-0.1, -0.05) is 25.8 Å². The van der Waals surface area contributed by atoms with Crippen molar-refractivity contribution >= 4 is 28.2 Å². The fourth-order valence-corrected chi connectivity index (χ4v) is 5.63. The monoisotopic (exact) mass is 537 g/mol. The van der Waals surface area contributed by atoms with Gasteiger partial charge in [0.15, 0.2) is 0 Å². The molecule has 2 fully saturated rings. The Labute approximate surface area is 227 Å². The van der Waals surface area contributed by atoms with Crippen molar-refractivity contribution in [1.29, 1.82) is 0 Å². The molecule has 1 aromatic heterocycles. The molecule has 3 aliphatic heterocycles. The molecule has 2 aromatic carbocycles. The van der Waals surface area contributed by atoms with Gasteiger partial charge >= 0.3 is 6.01 Å². The van der Waals surface area contributed by atoms with Crippen LogP contribution in [0.1, 0.15) is 60.6 Å². The molecule has 4 heterocycles. The summed E-state index contributed by atoms with van der Waals surface area (Å²) in [4.78, 5) is 26.6. The Morgan fingerprint density at radius 2 is 1.92 bits per heavy atom. The van der Waals surface area contributed by atoms with Crippen LogP contribution in [0.15, 0.2) is 24.3 Å². The van der Waals surface area contributed by atoms with E-state index in [2.05, 4.69) is 20.2 Å². The molecule has 3 N–H and O–H groups in total. The Morgan fingerprint density at radius 3 is 2.54 bits per heavy atom. The van der Waals surface area contributed by atoms with Gasteiger partial charge < -0.3 is 30.1 Å². The molecule has 0 spiro atoms. The van der Waals surface area contributed by atoms with Gasteiger partial charge in [-0.3, -0.25) is 4.79 Å². The number of methoxy groups -OCH3 is 1. The summed E-state index contributed by atoms with van der Waals surface area (Å²) in [5, 5.41) is 23.4. The minimum atomic E-state index is -0.326. The van der Waals surface area contributed by atoms with E-state index in [0.29, 0.717) is 45.5 Å². The van der Waals surface area contributed by atoms with Gasteiger partial charge in [0.05, 0.1) is 31.1 Å². The van der Waals surface area contributed by atoms with Crippen LogP contribution in [0, 0.1) is 5.82 Å². The minimum Gasteiger partial charge on any atom is -0.508 e. The number of aliphatic hydroxyl groups is 1. The molecule has 0 aliphatic carbocycles. The van der Waals surface area contributed by atoms with Gasteiger partial charge in [-0.25, -0.2) is 4.39 Å². The maximum atomic E-state index is 14.7. The number of phenolic OH excluding ortho intramolecular Hbond substituents is 1. The smallest absolute Gasteiger partial charge is 0.318 e. The third-order valence-corrected chi connectivity index (χ3v) is 7.61. The van der Waals surface area contributed by atoms with Crippen molar-refractivity contribution in [3.8, 4) is 11.8 Å². The van der Waals surface area contributed by atoms with Gasteiger partial charge in [0.1, 0.15) is 22.9 Å². The average molecular weight is 538 g/mol. The molecule has 3 aliphatic rings. The second-order valence-electron chi connectivity index (χ2n) is 10.2. The number of phenols is 1. The zero-order chi connectivity index (χ0) is 27.5. The second kappa shape index (κ2) is 11.7. The molecule has 0 bridgehead atoms. The number of rotatable bonds is 4. The van der Waals surface area contributed by atoms with Crippen molar-refractivity contribution in [3.63, 3.8) is 0 Å². The lowest BCUT2D eigenvalue weighted by molar-refractivity contribution is 0.0997. The number of halogens is 1. The number of anilines is 2. The number of carbonyl (C=O) groups excluding carboxylic acids is 1. The molecule has 0 radical (unpaired) electrons. The Hall–Kier alpha value is -3.50. The number of carbonyl (C=O) groups is 1. The predicted molar refractivity (Wildman–Crippen MR) is 148 cm³/mol. The normalized spacial score (nSPS) is 19.1. The largest absolute Gasteiger partial charge is 0.508 e. The topological polar surface area (TPSA) is 111 Å². The summed E-state index contributed by atoms with van der Waals surface area (Å²) in [7, 11) is 1.52. The average Bonchev–Trinajstić information content (AvgIpc) is 3.43. The van der Waals surface area contributed by atoms with Crippen LogP contribution in [0.3, 0.4) is 0 Å². The summed E-state index contributed by atoms with van der Waals surface area (Å²) in [6.07, 6.45) is 5.71. The van der Waals surface area contributed by atoms with Gasteiger partial charge in [0.2, 0.25) is 0 Å². The number of aromatic nitrogens is 2. The molecule has 10 heteroatoms. The third-order valence-electron chi connectivity index (χ3n) is 7.61. The highest BCUT2D eigenvalue weighted by Gasteiger charge is 2.37. The SMILES string of the molecule is CCc1c(F)ccc2cc(O)cc(N3Cc4nc(OC)nc(N5CCCCCC5)c4C3=O)c12.OC1CCNC1. The van der Waals surface area contributed by atoms with Crippen LogP contribution in [0.2, 0.25) is 0 Å². The fraction of sp³-hybridized carbons (Fsp3) is 0.483. The van der Waals surface area contributed by atoms with E-state index in [-0.39, 0.29) is 36.1 Å². The number of fused-ring (bicyclic) bond motifs is 2. The number of nitrogens with one attached hydrogen (secondary N) is 1. The van der Waals surface area contributed by atoms with E-state index in [0.717, 1.165) is 58.3 Å². The molecule has 1 unspecified atom stereocenters. The summed E-state index contributed by atoms with van der Waals surface area (Å²) in [6, 6.07) is 6.38. The summed E-state index contributed by atoms with van der Waals surface area (Å²) in [6.45, 7) is 5.50. The van der Waals surface area contributed by atoms with Crippen LogP contribution in [0.5, 0.6) is 11.8 Å². The molecule has 208 valence electrons. The second-order valence-corrected chi connectivity index (χ2v) is 10.2. The zero-order valence-corrected chi connectivity index (χ0v) is 22.5. The molecule has 1 atom stereocenters. The first-order chi connectivity index (χ1) is 18.9. The number of β-amino-alcohol motifs (C(OH)–C–C–N with tert-alkyl or cyclic N) is 1. The van der Waals surface area contributed by atoms with Crippen molar-refractivity contribution < 1.29 is 24.1 Å². The van der Waals surface area contributed by atoms with E-state index in [4.69, 9.17) is 9.84 Å². The number of amides is 1. The van der Waals surface area contributed by atoms with Crippen LogP contribution in [0.25, 0.3) is 10.8 Å². The van der Waals surface area contributed by atoms with Gasteiger partial charge in [-0.05, 0) is 55.3 Å². The number of aromatic hydroxyl groups is 1. The summed E-state index contributed by atoms with van der Waals surface area (Å²) in [5.74, 6) is 0.0434. The van der Waals surface area contributed by atoms with E-state index in [1.165, 1.54) is 19.2 Å². The molecule has 2 saturated heterocycles. The molecular formula is C29H36FN5O4. The number of ether oxygens (including phenoxy) is 1. The van der Waals surface area contributed by atoms with Gasteiger partial charge in [0.25, 0.3) is 5.91 Å². The van der Waals surface area contributed by atoms with Crippen LogP contribution < -0.4 is 19.9 Å². The quantitative estimate of drug-likeness (QED) is 0.459. The van der Waals surface area contributed by atoms with Crippen molar-refractivity contribution in [2.45, 2.75) is 58.1 Å². The number of benzene rings is 2. The van der Waals surface area contributed by atoms with E-state index in [1.807, 2.05) is 6.92 Å². The van der Waals surface area contributed by atoms with E-state index in [9.17, 15) is 14.3 Å². The fourth-order valence-electron chi connectivity index (χ4n) is 5.63. The van der Waals surface area contributed by atoms with Crippen molar-refractivity contribution in [2.75, 3.05) is 43.1 Å². The lowest BCUT2D eigenvalue weighted by Gasteiger charge is -2.24. The highest BCUT2D eigenvalue weighted by atomic mass is 19.1. The highest BCUT2D eigenvalue weighted by Crippen LogP contribution is 2.41. The van der Waals surface area contributed by atoms with Crippen molar-refractivity contribution in [1.82, 2.24) is 15.3 Å². The number of aliphatic hydroxyl groups excluding tert-OH is 1. The van der Waals surface area contributed by atoms with Crippen LogP contribution in [-0.2, 0) is 13.0 Å². The maximum absolute atomic E-state index is 14.7. The van der Waals surface area contributed by atoms with Crippen LogP contribution in [0.4, 0.5) is 15.9 Å². The Morgan fingerprint density at radius 1 is 1.15 bits per heavy atom. The van der Waals surface area contributed by atoms with E-state index >= 15 is 0 Å². The molecule has 9 nitrogen and oxygen atoms in total. The Bertz CT molecular complexity index is 1350. The standard InChI is InChI=1S/C25H27FN4O3.C4H9NO/c1-3-17-18(26)9-8-15-12-16(31)13-20(21(15)17)30-14-19-22(24(30)32)23(28-25(27-19)33-2)29-10-6-4-5-7-11-29;6-4-1-2-5-3-4/h8-9,12-13,31H,3-7,10-11,14H2,1-2H3;4-6H,1-3H2. The van der Waals surface area contributed by atoms with E-state index < -0.39 is 0 Å². The third kappa shape index (κ3) is 5.49. The summed E-state index contributed by atoms with van der Waals surface area (Å²) in [5.41, 5.74) is 2.04. The molecule has 0 saturated carbocycles. The first-order valence-corrected chi connectivity index (χ1v) is 13.8. The first-order valence-electron chi connectivity index (χ1n) is 13.8. The number of nitrogens with zero attached hydrogens (tertiary/aromatic N) is 4. The minimum absolute atomic E-state index is 0.0197. The Balaban J connectivity index is 0.000000455. The summed E-state index contributed by atoms with van der Waals surface area (Å²) >= 11 is 0. The maximum Gasteiger partial charge on any atom is 0.318 e. The number of aryl methyl sites for hydroxylation is 1. The molecular weight excluding hydrogens is 501 g/mol.